The smallest absolute Gasteiger partial charge is 0.263 e. The highest BCUT2D eigenvalue weighted by molar-refractivity contribution is 7.26. The third-order valence-corrected chi connectivity index (χ3v) is 6.43. The molecule has 4 rings (SSSR count). The molecule has 1 amide bonds. The van der Waals surface area contributed by atoms with Gasteiger partial charge in [-0.05, 0) is 37.1 Å². The van der Waals surface area contributed by atoms with Gasteiger partial charge in [0.2, 0.25) is 0 Å². The van der Waals surface area contributed by atoms with Gasteiger partial charge in [-0.15, -0.1) is 35.1 Å². The van der Waals surface area contributed by atoms with Gasteiger partial charge in [-0.3, -0.25) is 4.79 Å². The molecule has 0 spiro atoms. The lowest BCUT2D eigenvalue weighted by Gasteiger charge is -2.29. The third kappa shape index (κ3) is 3.32. The number of hydrogen-bond donors (Lipinski definition) is 1. The first-order valence-electron chi connectivity index (χ1n) is 7.71. The summed E-state index contributed by atoms with van der Waals surface area (Å²) in [6.45, 7) is 1.52. The molecule has 0 radical (unpaired) electrons. The van der Waals surface area contributed by atoms with Crippen LogP contribution in [0.15, 0.2) is 36.4 Å². The number of hydrogen-bond acceptors (Lipinski definition) is 5. The number of benzene rings is 1. The number of nitrogens with zero attached hydrogens (tertiary/aromatic N) is 2. The molecular formula is C17H18ClN3OS2. The summed E-state index contributed by atoms with van der Waals surface area (Å²) < 4.78 is 1.17. The Morgan fingerprint density at radius 3 is 2.62 bits per heavy atom. The van der Waals surface area contributed by atoms with E-state index in [1.165, 1.54) is 16.0 Å². The van der Waals surface area contributed by atoms with Crippen LogP contribution in [0.4, 0.5) is 0 Å². The summed E-state index contributed by atoms with van der Waals surface area (Å²) in [5.41, 5.74) is 6.92. The van der Waals surface area contributed by atoms with Crippen molar-refractivity contribution in [1.82, 2.24) is 9.88 Å². The van der Waals surface area contributed by atoms with Crippen LogP contribution in [-0.2, 0) is 0 Å². The molecule has 0 unspecified atom stereocenters. The van der Waals surface area contributed by atoms with E-state index in [2.05, 4.69) is 11.1 Å². The van der Waals surface area contributed by atoms with E-state index in [0.717, 1.165) is 46.2 Å². The Labute approximate surface area is 154 Å². The van der Waals surface area contributed by atoms with Crippen molar-refractivity contribution in [1.29, 1.82) is 0 Å². The second kappa shape index (κ2) is 7.19. The van der Waals surface area contributed by atoms with Gasteiger partial charge in [-0.25, -0.2) is 4.98 Å². The van der Waals surface area contributed by atoms with Crippen LogP contribution in [0.3, 0.4) is 0 Å². The van der Waals surface area contributed by atoms with Crippen LogP contribution in [0.2, 0.25) is 0 Å². The molecule has 0 bridgehead atoms. The predicted octanol–water partition coefficient (Wildman–Crippen LogP) is 4.01. The largest absolute Gasteiger partial charge is 0.338 e. The number of rotatable bonds is 2. The quantitative estimate of drug-likeness (QED) is 0.731. The van der Waals surface area contributed by atoms with Gasteiger partial charge >= 0.3 is 0 Å². The first-order chi connectivity index (χ1) is 11.2. The Morgan fingerprint density at radius 1 is 1.12 bits per heavy atom. The van der Waals surface area contributed by atoms with Crippen LogP contribution < -0.4 is 5.73 Å². The lowest BCUT2D eigenvalue weighted by Crippen LogP contribution is -2.42. The molecule has 7 heteroatoms. The number of nitrogens with two attached hydrogens (primary N) is 1. The molecule has 2 N–H and O–H groups in total. The first-order valence-corrected chi connectivity index (χ1v) is 9.34. The topological polar surface area (TPSA) is 59.2 Å². The van der Waals surface area contributed by atoms with Crippen molar-refractivity contribution in [2.75, 3.05) is 13.1 Å². The number of halogens is 1. The Morgan fingerprint density at radius 2 is 1.88 bits per heavy atom. The molecule has 0 aliphatic carbocycles. The first kappa shape index (κ1) is 17.4. The zero-order valence-electron chi connectivity index (χ0n) is 13.0. The average molecular weight is 380 g/mol. The van der Waals surface area contributed by atoms with Crippen molar-refractivity contribution in [2.45, 2.75) is 18.9 Å². The number of carbonyl (C=O) groups excluding carboxylic acids is 1. The molecule has 1 saturated heterocycles. The monoisotopic (exact) mass is 379 g/mol. The number of thiophene rings is 1. The SMILES string of the molecule is Cl.NC1CCN(C(=O)c2ccc(-c3nc4ccccc4s3)s2)CC1. The van der Waals surface area contributed by atoms with Crippen molar-refractivity contribution in [3.8, 4) is 9.88 Å². The van der Waals surface area contributed by atoms with Gasteiger partial charge in [-0.2, -0.15) is 0 Å². The number of amides is 1. The van der Waals surface area contributed by atoms with Crippen molar-refractivity contribution in [3.05, 3.63) is 41.3 Å². The summed E-state index contributed by atoms with van der Waals surface area (Å²) in [6.07, 6.45) is 1.78. The highest BCUT2D eigenvalue weighted by Gasteiger charge is 2.23. The number of para-hydroxylation sites is 1. The van der Waals surface area contributed by atoms with Crippen molar-refractivity contribution in [2.24, 2.45) is 5.73 Å². The fourth-order valence-electron chi connectivity index (χ4n) is 2.80. The Bertz CT molecular complexity index is 819. The van der Waals surface area contributed by atoms with Crippen molar-refractivity contribution >= 4 is 51.2 Å². The van der Waals surface area contributed by atoms with Crippen LogP contribution >= 0.6 is 35.1 Å². The molecule has 2 aromatic heterocycles. The van der Waals surface area contributed by atoms with Crippen LogP contribution in [-0.4, -0.2) is 34.9 Å². The fourth-order valence-corrected chi connectivity index (χ4v) is 4.80. The lowest BCUT2D eigenvalue weighted by molar-refractivity contribution is 0.0719. The molecule has 4 nitrogen and oxygen atoms in total. The highest BCUT2D eigenvalue weighted by atomic mass is 35.5. The van der Waals surface area contributed by atoms with E-state index < -0.39 is 0 Å². The summed E-state index contributed by atoms with van der Waals surface area (Å²) >= 11 is 3.20. The number of fused-ring (bicyclic) bond motifs is 1. The van der Waals surface area contributed by atoms with Crippen molar-refractivity contribution < 1.29 is 4.79 Å². The van der Waals surface area contributed by atoms with E-state index in [0.29, 0.717) is 0 Å². The maximum Gasteiger partial charge on any atom is 0.263 e. The van der Waals surface area contributed by atoms with Gasteiger partial charge in [-0.1, -0.05) is 12.1 Å². The molecule has 1 fully saturated rings. The average Bonchev–Trinajstić information content (AvgIpc) is 3.21. The maximum absolute atomic E-state index is 12.6. The molecular weight excluding hydrogens is 362 g/mol. The summed E-state index contributed by atoms with van der Waals surface area (Å²) in [7, 11) is 0. The van der Waals surface area contributed by atoms with Crippen LogP contribution in [0, 0.1) is 0 Å². The summed E-state index contributed by atoms with van der Waals surface area (Å²) in [6, 6.07) is 12.3. The number of carbonyl (C=O) groups is 1. The molecule has 126 valence electrons. The predicted molar refractivity (Wildman–Crippen MR) is 103 cm³/mol. The van der Waals surface area contributed by atoms with E-state index in [-0.39, 0.29) is 24.4 Å². The minimum absolute atomic E-state index is 0. The number of aromatic nitrogens is 1. The van der Waals surface area contributed by atoms with Gasteiger partial charge in [0.05, 0.1) is 20.0 Å². The van der Waals surface area contributed by atoms with Crippen LogP contribution in [0.1, 0.15) is 22.5 Å². The summed E-state index contributed by atoms with van der Waals surface area (Å²) in [5, 5.41) is 0.982. The number of piperidine rings is 1. The number of thiazole rings is 1. The van der Waals surface area contributed by atoms with Gasteiger partial charge < -0.3 is 10.6 Å². The van der Waals surface area contributed by atoms with Gasteiger partial charge in [0.25, 0.3) is 5.91 Å². The van der Waals surface area contributed by atoms with Gasteiger partial charge in [0, 0.05) is 19.1 Å². The van der Waals surface area contributed by atoms with E-state index in [1.807, 2.05) is 35.2 Å². The summed E-state index contributed by atoms with van der Waals surface area (Å²) in [4.78, 5) is 21.0. The normalized spacial score (nSPS) is 15.5. The lowest BCUT2D eigenvalue weighted by atomic mass is 10.1. The van der Waals surface area contributed by atoms with Crippen molar-refractivity contribution in [3.63, 3.8) is 0 Å². The molecule has 3 aromatic rings. The number of likely N-dealkylation sites (tertiary alicyclic amines) is 1. The third-order valence-electron chi connectivity index (χ3n) is 4.15. The van der Waals surface area contributed by atoms with E-state index in [1.54, 1.807) is 11.3 Å². The molecule has 1 aliphatic heterocycles. The van der Waals surface area contributed by atoms with E-state index in [9.17, 15) is 4.79 Å². The second-order valence-corrected chi connectivity index (χ2v) is 7.89. The van der Waals surface area contributed by atoms with Gasteiger partial charge in [0.1, 0.15) is 5.01 Å². The standard InChI is InChI=1S/C17H17N3OS2.ClH/c18-11-7-9-20(10-8-11)17(21)15-6-5-14(22-15)16-19-12-3-1-2-4-13(12)23-16;/h1-6,11H,7-10,18H2;1H. The minimum Gasteiger partial charge on any atom is -0.338 e. The second-order valence-electron chi connectivity index (χ2n) is 5.78. The molecule has 3 heterocycles. The Kier molecular flexibility index (Phi) is 5.20. The molecule has 1 aliphatic rings. The fraction of sp³-hybridized carbons (Fsp3) is 0.294. The van der Waals surface area contributed by atoms with Crippen LogP contribution in [0.25, 0.3) is 20.1 Å². The maximum atomic E-state index is 12.6. The molecule has 0 atom stereocenters. The molecule has 1 aromatic carbocycles. The molecule has 24 heavy (non-hydrogen) atoms. The molecule has 0 saturated carbocycles. The summed E-state index contributed by atoms with van der Waals surface area (Å²) in [5.74, 6) is 0.120. The Hall–Kier alpha value is -1.47. The van der Waals surface area contributed by atoms with Gasteiger partial charge in [0.15, 0.2) is 0 Å². The zero-order valence-corrected chi connectivity index (χ0v) is 15.4. The Balaban J connectivity index is 0.00000169. The van der Waals surface area contributed by atoms with E-state index >= 15 is 0 Å². The van der Waals surface area contributed by atoms with Crippen LogP contribution in [0.5, 0.6) is 0 Å². The highest BCUT2D eigenvalue weighted by Crippen LogP contribution is 2.34. The van der Waals surface area contributed by atoms with E-state index in [4.69, 9.17) is 5.73 Å². The zero-order chi connectivity index (χ0) is 15.8. The minimum atomic E-state index is 0.